The molecule has 3 heterocycles. The second-order valence-electron chi connectivity index (χ2n) is 14.9. The minimum Gasteiger partial charge on any atom is -0.497 e. The van der Waals surface area contributed by atoms with Gasteiger partial charge in [-0.05, 0) is 105 Å². The second kappa shape index (κ2) is 22.1. The summed E-state index contributed by atoms with van der Waals surface area (Å²) in [5.74, 6) is 3.82. The number of hydrogen-bond acceptors (Lipinski definition) is 20. The molecule has 0 bridgehead atoms. The molecule has 5 aromatic carbocycles. The summed E-state index contributed by atoms with van der Waals surface area (Å²) in [5, 5.41) is 29.4. The van der Waals surface area contributed by atoms with E-state index in [4.69, 9.17) is 54.4 Å². The molecule has 0 aliphatic heterocycles. The fourth-order valence-electron chi connectivity index (χ4n) is 7.34. The maximum absolute atomic E-state index is 5.95. The molecular weight excluding hydrogens is 919 g/mol. The lowest BCUT2D eigenvalue weighted by atomic mass is 10.2. The van der Waals surface area contributed by atoms with Gasteiger partial charge in [-0.25, -0.2) is 0 Å². The van der Waals surface area contributed by atoms with Crippen LogP contribution in [0, 0.1) is 0 Å². The van der Waals surface area contributed by atoms with Gasteiger partial charge in [0.1, 0.15) is 34.4 Å². The topological polar surface area (TPSA) is 181 Å². The van der Waals surface area contributed by atoms with Crippen LogP contribution in [0.25, 0.3) is 21.8 Å². The molecule has 68 heavy (non-hydrogen) atoms. The van der Waals surface area contributed by atoms with Gasteiger partial charge in [-0.2, -0.15) is 23.7 Å². The molecule has 0 unspecified atom stereocenters. The molecule has 0 atom stereocenters. The SMILES string of the molecule is CCN(CC)c1cc(Nc2nc(Nc3cc(N(CC)CC)c(OC)cc3N=Nc3snc4ccc(OC)cc34)nc(SCc3ccccc3)n2)c(N=Nc2snc3ccc(OC)cc23)cc1OC. The van der Waals surface area contributed by atoms with Crippen molar-refractivity contribution in [2.24, 2.45) is 20.5 Å². The van der Waals surface area contributed by atoms with E-state index in [1.54, 1.807) is 28.4 Å². The van der Waals surface area contributed by atoms with Gasteiger partial charge in [-0.3, -0.25) is 0 Å². The standard InChI is InChI=1S/C48H51N13O4S3/c1-9-60(10-2)40-24-36(38(26-42(40)64-7)54-56-44-32-22-30(62-5)18-20-34(32)58-67-44)49-46-51-47(53-48(52-46)66-28-29-16-14-13-15-17-29)50-37-25-41(61(11-3)12-4)43(65-8)27-39(37)55-57-45-33-23-31(63-6)19-21-35(33)59-68-45/h13-27H,9-12,28H2,1-8H3,(H2,49,50,51,52,53). The molecule has 0 saturated heterocycles. The summed E-state index contributed by atoms with van der Waals surface area (Å²) in [6, 6.07) is 29.2. The predicted octanol–water partition coefficient (Wildman–Crippen LogP) is 13.4. The molecule has 8 rings (SSSR count). The Labute approximate surface area is 407 Å². The van der Waals surface area contributed by atoms with Gasteiger partial charge < -0.3 is 39.4 Å². The van der Waals surface area contributed by atoms with Gasteiger partial charge in [0.15, 0.2) is 15.2 Å². The number of anilines is 6. The Bertz CT molecular complexity index is 2890. The van der Waals surface area contributed by atoms with Gasteiger partial charge >= 0.3 is 0 Å². The van der Waals surface area contributed by atoms with Crippen molar-refractivity contribution in [2.75, 3.05) is 75.1 Å². The third-order valence-corrected chi connectivity index (χ3v) is 13.4. The first-order valence-electron chi connectivity index (χ1n) is 21.9. The molecule has 0 aliphatic carbocycles. The van der Waals surface area contributed by atoms with Crippen LogP contribution in [0.2, 0.25) is 0 Å². The highest BCUT2D eigenvalue weighted by molar-refractivity contribution is 7.98. The fraction of sp³-hybridized carbons (Fsp3) is 0.271. The van der Waals surface area contributed by atoms with Crippen molar-refractivity contribution in [3.63, 3.8) is 0 Å². The van der Waals surface area contributed by atoms with E-state index in [1.807, 2.05) is 78.9 Å². The molecule has 0 fully saturated rings. The number of rotatable bonds is 21. The van der Waals surface area contributed by atoms with E-state index in [0.717, 1.165) is 64.9 Å². The first-order valence-corrected chi connectivity index (χ1v) is 24.4. The van der Waals surface area contributed by atoms with Crippen LogP contribution in [0.15, 0.2) is 117 Å². The molecule has 350 valence electrons. The summed E-state index contributed by atoms with van der Waals surface area (Å²) in [6.45, 7) is 11.4. The average molecular weight is 970 g/mol. The predicted molar refractivity (Wildman–Crippen MR) is 276 cm³/mol. The van der Waals surface area contributed by atoms with Crippen LogP contribution >= 0.6 is 34.8 Å². The fourth-order valence-corrected chi connectivity index (χ4v) is 9.50. The third-order valence-electron chi connectivity index (χ3n) is 10.9. The van der Waals surface area contributed by atoms with Crippen molar-refractivity contribution in [3.05, 3.63) is 96.6 Å². The summed E-state index contributed by atoms with van der Waals surface area (Å²) in [4.78, 5) is 19.3. The van der Waals surface area contributed by atoms with Gasteiger partial charge in [-0.1, -0.05) is 42.1 Å². The highest BCUT2D eigenvalue weighted by Crippen LogP contribution is 2.44. The van der Waals surface area contributed by atoms with Crippen molar-refractivity contribution >= 4 is 113 Å². The van der Waals surface area contributed by atoms with Crippen LogP contribution in [0.1, 0.15) is 33.3 Å². The minimum atomic E-state index is 0.267. The number of fused-ring (bicyclic) bond motifs is 2. The highest BCUT2D eigenvalue weighted by Gasteiger charge is 2.20. The molecule has 0 amide bonds. The van der Waals surface area contributed by atoms with Gasteiger partial charge in [-0.15, -0.1) is 20.5 Å². The monoisotopic (exact) mass is 969 g/mol. The summed E-state index contributed by atoms with van der Waals surface area (Å²) in [6.07, 6.45) is 0. The largest absolute Gasteiger partial charge is 0.497 e. The Morgan fingerprint density at radius 1 is 0.544 bits per heavy atom. The quantitative estimate of drug-likeness (QED) is 0.0512. The van der Waals surface area contributed by atoms with E-state index in [-0.39, 0.29) is 11.9 Å². The van der Waals surface area contributed by atoms with Crippen LogP contribution in [0.3, 0.4) is 0 Å². The average Bonchev–Trinajstić information content (AvgIpc) is 3.98. The first-order chi connectivity index (χ1) is 33.3. The van der Waals surface area contributed by atoms with Crippen molar-refractivity contribution < 1.29 is 18.9 Å². The van der Waals surface area contributed by atoms with E-state index < -0.39 is 0 Å². The number of nitrogens with zero attached hydrogens (tertiary/aromatic N) is 11. The maximum atomic E-state index is 5.95. The molecule has 8 aromatic rings. The van der Waals surface area contributed by atoms with E-state index in [2.05, 4.69) is 69.0 Å². The Hall–Kier alpha value is -7.16. The number of aromatic nitrogens is 5. The second-order valence-corrected chi connectivity index (χ2v) is 17.3. The lowest BCUT2D eigenvalue weighted by Gasteiger charge is -2.25. The van der Waals surface area contributed by atoms with Crippen LogP contribution in [-0.4, -0.2) is 78.3 Å². The summed E-state index contributed by atoms with van der Waals surface area (Å²) < 4.78 is 32.1. The molecule has 20 heteroatoms. The number of benzene rings is 5. The zero-order chi connectivity index (χ0) is 47.6. The van der Waals surface area contributed by atoms with Crippen molar-refractivity contribution in [2.45, 2.75) is 38.6 Å². The number of hydrogen-bond donors (Lipinski definition) is 2. The Morgan fingerprint density at radius 3 is 1.44 bits per heavy atom. The number of nitrogens with one attached hydrogen (secondary N) is 2. The zero-order valence-corrected chi connectivity index (χ0v) is 41.4. The molecule has 17 nitrogen and oxygen atoms in total. The van der Waals surface area contributed by atoms with E-state index in [1.165, 1.54) is 34.8 Å². The smallest absolute Gasteiger partial charge is 0.233 e. The zero-order valence-electron chi connectivity index (χ0n) is 39.0. The van der Waals surface area contributed by atoms with Gasteiger partial charge in [0.05, 0.1) is 62.2 Å². The minimum absolute atomic E-state index is 0.267. The van der Waals surface area contributed by atoms with Gasteiger partial charge in [0.2, 0.25) is 11.9 Å². The summed E-state index contributed by atoms with van der Waals surface area (Å²) in [7, 11) is 6.56. The molecule has 3 aromatic heterocycles. The normalized spacial score (nSPS) is 11.5. The molecule has 0 aliphatic rings. The van der Waals surface area contributed by atoms with E-state index in [0.29, 0.717) is 66.7 Å². The highest BCUT2D eigenvalue weighted by atomic mass is 32.2. The number of methoxy groups -OCH3 is 4. The van der Waals surface area contributed by atoms with E-state index >= 15 is 0 Å². The van der Waals surface area contributed by atoms with Crippen molar-refractivity contribution in [3.8, 4) is 23.0 Å². The number of azo groups is 2. The Balaban J connectivity index is 1.24. The van der Waals surface area contributed by atoms with E-state index in [9.17, 15) is 0 Å². The maximum Gasteiger partial charge on any atom is 0.233 e. The number of thioether (sulfide) groups is 1. The molecular formula is C48H51N13O4S3. The lowest BCUT2D eigenvalue weighted by Crippen LogP contribution is -2.22. The van der Waals surface area contributed by atoms with Gasteiger partial charge in [0.25, 0.3) is 0 Å². The van der Waals surface area contributed by atoms with Crippen molar-refractivity contribution in [1.82, 2.24) is 23.7 Å². The Kier molecular flexibility index (Phi) is 15.4. The number of ether oxygens (including phenoxy) is 4. The van der Waals surface area contributed by atoms with Crippen LogP contribution < -0.4 is 39.4 Å². The third kappa shape index (κ3) is 10.7. The van der Waals surface area contributed by atoms with Crippen LogP contribution in [0.5, 0.6) is 23.0 Å². The van der Waals surface area contributed by atoms with Crippen LogP contribution in [0.4, 0.5) is 56.0 Å². The van der Waals surface area contributed by atoms with Gasteiger partial charge in [0, 0.05) is 54.8 Å². The molecule has 0 spiro atoms. The summed E-state index contributed by atoms with van der Waals surface area (Å²) >= 11 is 4.00. The summed E-state index contributed by atoms with van der Waals surface area (Å²) in [5.41, 5.74) is 6.61. The first kappa shape index (κ1) is 47.3. The molecule has 2 N–H and O–H groups in total. The molecule has 0 radical (unpaired) electrons. The Morgan fingerprint density at radius 2 is 1.01 bits per heavy atom. The van der Waals surface area contributed by atoms with Crippen LogP contribution in [-0.2, 0) is 5.75 Å². The van der Waals surface area contributed by atoms with Crippen molar-refractivity contribution in [1.29, 1.82) is 0 Å². The molecule has 0 saturated carbocycles. The lowest BCUT2D eigenvalue weighted by molar-refractivity contribution is 0.414.